The van der Waals surface area contributed by atoms with Gasteiger partial charge in [-0.1, -0.05) is 13.3 Å². The van der Waals surface area contributed by atoms with E-state index in [2.05, 4.69) is 38.8 Å². The van der Waals surface area contributed by atoms with Gasteiger partial charge in [-0.25, -0.2) is 0 Å². The molecule has 106 valence electrons. The molecule has 2 rings (SSSR count). The first-order valence-electron chi connectivity index (χ1n) is 6.84. The van der Waals surface area contributed by atoms with Gasteiger partial charge in [0.1, 0.15) is 5.75 Å². The van der Waals surface area contributed by atoms with Gasteiger partial charge in [-0.15, -0.1) is 11.6 Å². The van der Waals surface area contributed by atoms with Crippen molar-refractivity contribution >= 4 is 43.5 Å². The maximum absolute atomic E-state index is 6.17. The number of halogens is 3. The van der Waals surface area contributed by atoms with E-state index in [9.17, 15) is 0 Å². The molecule has 1 saturated carbocycles. The average molecular weight is 411 g/mol. The van der Waals surface area contributed by atoms with E-state index in [0.29, 0.717) is 12.0 Å². The minimum absolute atomic E-state index is 0.345. The van der Waals surface area contributed by atoms with Crippen LogP contribution in [0.2, 0.25) is 0 Å². The van der Waals surface area contributed by atoms with Crippen LogP contribution in [0.3, 0.4) is 0 Å². The molecular weight excluding hydrogens is 391 g/mol. The Kier molecular flexibility index (Phi) is 6.04. The normalized spacial score (nSPS) is 23.4. The van der Waals surface area contributed by atoms with E-state index in [1.807, 2.05) is 12.1 Å². The maximum atomic E-state index is 6.17. The summed E-state index contributed by atoms with van der Waals surface area (Å²) in [5.74, 6) is 2.32. The van der Waals surface area contributed by atoms with E-state index in [-0.39, 0.29) is 0 Å². The molecule has 0 bridgehead atoms. The van der Waals surface area contributed by atoms with E-state index in [0.717, 1.165) is 39.0 Å². The van der Waals surface area contributed by atoms with Crippen LogP contribution in [0.1, 0.15) is 44.6 Å². The van der Waals surface area contributed by atoms with Crippen molar-refractivity contribution in [2.75, 3.05) is 0 Å². The Labute approximate surface area is 137 Å². The highest BCUT2D eigenvalue weighted by atomic mass is 79.9. The van der Waals surface area contributed by atoms with Crippen LogP contribution in [-0.2, 0) is 5.88 Å². The van der Waals surface area contributed by atoms with E-state index in [1.165, 1.54) is 19.3 Å². The minimum atomic E-state index is 0.345. The molecule has 1 fully saturated rings. The highest BCUT2D eigenvalue weighted by Crippen LogP contribution is 2.38. The summed E-state index contributed by atoms with van der Waals surface area (Å²) in [4.78, 5) is 0. The number of rotatable bonds is 4. The topological polar surface area (TPSA) is 9.23 Å². The number of ether oxygens (including phenoxy) is 1. The van der Waals surface area contributed by atoms with Gasteiger partial charge in [-0.05, 0) is 81.2 Å². The first-order valence-corrected chi connectivity index (χ1v) is 8.96. The molecule has 0 amide bonds. The number of benzene rings is 1. The zero-order chi connectivity index (χ0) is 13.8. The van der Waals surface area contributed by atoms with Crippen LogP contribution in [0.15, 0.2) is 21.1 Å². The summed E-state index contributed by atoms with van der Waals surface area (Å²) in [5.41, 5.74) is 1.09. The Morgan fingerprint density at radius 3 is 2.21 bits per heavy atom. The Hall–Kier alpha value is 0.270. The van der Waals surface area contributed by atoms with Crippen molar-refractivity contribution in [1.82, 2.24) is 0 Å². The molecule has 1 aliphatic carbocycles. The second kappa shape index (κ2) is 7.33. The van der Waals surface area contributed by atoms with Crippen molar-refractivity contribution in [3.8, 4) is 5.75 Å². The van der Waals surface area contributed by atoms with Crippen LogP contribution in [-0.4, -0.2) is 6.10 Å². The summed E-state index contributed by atoms with van der Waals surface area (Å²) >= 11 is 13.0. The van der Waals surface area contributed by atoms with Gasteiger partial charge in [-0.2, -0.15) is 0 Å². The van der Waals surface area contributed by atoms with Crippen molar-refractivity contribution in [3.05, 3.63) is 26.6 Å². The van der Waals surface area contributed by atoms with E-state index < -0.39 is 0 Å². The third kappa shape index (κ3) is 4.12. The zero-order valence-electron chi connectivity index (χ0n) is 11.1. The van der Waals surface area contributed by atoms with Crippen molar-refractivity contribution in [2.24, 2.45) is 5.92 Å². The Morgan fingerprint density at radius 1 is 1.16 bits per heavy atom. The quantitative estimate of drug-likeness (QED) is 0.530. The fourth-order valence-electron chi connectivity index (χ4n) is 2.63. The average Bonchev–Trinajstić information content (AvgIpc) is 2.43. The molecule has 0 heterocycles. The fraction of sp³-hybridized carbons (Fsp3) is 0.600. The van der Waals surface area contributed by atoms with Gasteiger partial charge in [0, 0.05) is 5.88 Å². The van der Waals surface area contributed by atoms with Crippen LogP contribution < -0.4 is 4.74 Å². The van der Waals surface area contributed by atoms with E-state index >= 15 is 0 Å². The van der Waals surface area contributed by atoms with Crippen molar-refractivity contribution < 1.29 is 4.74 Å². The molecule has 1 aliphatic rings. The van der Waals surface area contributed by atoms with Gasteiger partial charge in [0.25, 0.3) is 0 Å². The van der Waals surface area contributed by atoms with Crippen LogP contribution in [0.25, 0.3) is 0 Å². The standard InChI is InChI=1S/C15H19Br2ClO/c1-2-10-3-5-12(6-4-10)19-15-13(16)7-11(9-18)8-14(15)17/h7-8,10,12H,2-6,9H2,1H3. The van der Waals surface area contributed by atoms with Crippen molar-refractivity contribution in [1.29, 1.82) is 0 Å². The number of hydrogen-bond acceptors (Lipinski definition) is 1. The lowest BCUT2D eigenvalue weighted by atomic mass is 9.86. The monoisotopic (exact) mass is 408 g/mol. The lowest BCUT2D eigenvalue weighted by Gasteiger charge is -2.29. The van der Waals surface area contributed by atoms with Gasteiger partial charge in [0.15, 0.2) is 0 Å². The Morgan fingerprint density at radius 2 is 1.74 bits per heavy atom. The molecule has 0 radical (unpaired) electrons. The summed E-state index contributed by atoms with van der Waals surface area (Å²) < 4.78 is 8.14. The molecule has 0 N–H and O–H groups in total. The number of alkyl halides is 1. The second-order valence-corrected chi connectivity index (χ2v) is 7.17. The minimum Gasteiger partial charge on any atom is -0.488 e. The number of hydrogen-bond donors (Lipinski definition) is 0. The van der Waals surface area contributed by atoms with Crippen LogP contribution in [0, 0.1) is 5.92 Å². The van der Waals surface area contributed by atoms with Gasteiger partial charge >= 0.3 is 0 Å². The molecule has 19 heavy (non-hydrogen) atoms. The molecule has 4 heteroatoms. The Balaban J connectivity index is 2.03. The molecular formula is C15H19Br2ClO. The fourth-order valence-corrected chi connectivity index (χ4v) is 4.25. The largest absolute Gasteiger partial charge is 0.488 e. The summed E-state index contributed by atoms with van der Waals surface area (Å²) in [6, 6.07) is 4.07. The van der Waals surface area contributed by atoms with Crippen LogP contribution >= 0.6 is 43.5 Å². The summed E-state index contributed by atoms with van der Waals surface area (Å²) in [6.07, 6.45) is 6.54. The van der Waals surface area contributed by atoms with Crippen LogP contribution in [0.5, 0.6) is 5.75 Å². The molecule has 1 aromatic rings. The molecule has 1 aromatic carbocycles. The highest BCUT2D eigenvalue weighted by molar-refractivity contribution is 9.11. The van der Waals surface area contributed by atoms with Gasteiger partial charge in [0.2, 0.25) is 0 Å². The predicted molar refractivity (Wildman–Crippen MR) is 88.1 cm³/mol. The van der Waals surface area contributed by atoms with Crippen molar-refractivity contribution in [2.45, 2.75) is 51.0 Å². The van der Waals surface area contributed by atoms with Crippen LogP contribution in [0.4, 0.5) is 0 Å². The third-order valence-corrected chi connectivity index (χ3v) is 5.35. The SMILES string of the molecule is CCC1CCC(Oc2c(Br)cc(CCl)cc2Br)CC1. The maximum Gasteiger partial charge on any atom is 0.148 e. The lowest BCUT2D eigenvalue weighted by molar-refractivity contribution is 0.128. The molecule has 0 aromatic heterocycles. The summed E-state index contributed by atoms with van der Waals surface area (Å²) in [7, 11) is 0. The smallest absolute Gasteiger partial charge is 0.148 e. The lowest BCUT2D eigenvalue weighted by Crippen LogP contribution is -2.24. The third-order valence-electron chi connectivity index (χ3n) is 3.87. The van der Waals surface area contributed by atoms with Gasteiger partial charge in [-0.3, -0.25) is 0 Å². The highest BCUT2D eigenvalue weighted by Gasteiger charge is 2.22. The molecule has 0 spiro atoms. The first kappa shape index (κ1) is 15.7. The van der Waals surface area contributed by atoms with Gasteiger partial charge < -0.3 is 4.74 Å². The second-order valence-electron chi connectivity index (χ2n) is 5.19. The van der Waals surface area contributed by atoms with E-state index in [4.69, 9.17) is 16.3 Å². The molecule has 0 unspecified atom stereocenters. The zero-order valence-corrected chi connectivity index (χ0v) is 15.0. The predicted octanol–water partition coefficient (Wildman–Crippen LogP) is 6.30. The molecule has 0 atom stereocenters. The molecule has 0 saturated heterocycles. The molecule has 0 aliphatic heterocycles. The first-order chi connectivity index (χ1) is 9.13. The molecule has 1 nitrogen and oxygen atoms in total. The Bertz CT molecular complexity index is 405. The summed E-state index contributed by atoms with van der Waals surface area (Å²) in [5, 5.41) is 0. The summed E-state index contributed by atoms with van der Waals surface area (Å²) in [6.45, 7) is 2.28. The van der Waals surface area contributed by atoms with Crippen molar-refractivity contribution in [3.63, 3.8) is 0 Å². The van der Waals surface area contributed by atoms with Gasteiger partial charge in [0.05, 0.1) is 15.0 Å². The van der Waals surface area contributed by atoms with E-state index in [1.54, 1.807) is 0 Å².